The number of anilines is 1. The van der Waals surface area contributed by atoms with Crippen LogP contribution in [0.25, 0.3) is 0 Å². The monoisotopic (exact) mass is 447 g/mol. The number of nitrogens with zero attached hydrogens (tertiary/aromatic N) is 2. The number of fused-ring (bicyclic) bond motifs is 1. The zero-order valence-electron chi connectivity index (χ0n) is 19.4. The number of amides is 2. The van der Waals surface area contributed by atoms with Crippen LogP contribution in [0.4, 0.5) is 5.69 Å². The van der Waals surface area contributed by atoms with Gasteiger partial charge in [0.05, 0.1) is 6.54 Å². The second-order valence-electron chi connectivity index (χ2n) is 8.98. The molecule has 1 aliphatic heterocycles. The summed E-state index contributed by atoms with van der Waals surface area (Å²) in [7, 11) is 0. The highest BCUT2D eigenvalue weighted by molar-refractivity contribution is 5.98. The number of para-hydroxylation sites is 1. The summed E-state index contributed by atoms with van der Waals surface area (Å²) in [6, 6.07) is 13.8. The topological polar surface area (TPSA) is 69.7 Å². The molecule has 0 bridgehead atoms. The van der Waals surface area contributed by atoms with Crippen LogP contribution in [-0.2, 0) is 28.9 Å². The van der Waals surface area contributed by atoms with Crippen LogP contribution < -0.4 is 5.32 Å². The third kappa shape index (κ3) is 5.88. The molecule has 0 aromatic heterocycles. The normalized spacial score (nSPS) is 15.8. The first-order chi connectivity index (χ1) is 16.0. The van der Waals surface area contributed by atoms with Crippen molar-refractivity contribution in [3.05, 3.63) is 64.7 Å². The Morgan fingerprint density at radius 2 is 1.67 bits per heavy atom. The van der Waals surface area contributed by atoms with Crippen LogP contribution in [0.5, 0.6) is 0 Å². The van der Waals surface area contributed by atoms with Crippen molar-refractivity contribution in [3.8, 4) is 0 Å². The minimum atomic E-state index is -0.0318. The predicted molar refractivity (Wildman–Crippen MR) is 130 cm³/mol. The van der Waals surface area contributed by atoms with Gasteiger partial charge < -0.3 is 10.2 Å². The molecule has 0 saturated carbocycles. The second-order valence-corrected chi connectivity index (χ2v) is 8.98. The van der Waals surface area contributed by atoms with Crippen molar-refractivity contribution < 1.29 is 14.4 Å². The van der Waals surface area contributed by atoms with E-state index in [0.717, 1.165) is 42.5 Å². The summed E-state index contributed by atoms with van der Waals surface area (Å²) in [6.07, 6.45) is 4.66. The standard InChI is InChI=1S/C27H33N3O3/c1-2-20-6-3-4-9-24(20)28-26(32)19-29-14-16-30(17-15-29)27(33)13-12-25(31)23-11-10-21-7-5-8-22(21)18-23/h3-4,6,9-11,18H,2,5,7-8,12-17,19H2,1H3,(H,28,32). The molecule has 1 fully saturated rings. The first kappa shape index (κ1) is 23.2. The van der Waals surface area contributed by atoms with Gasteiger partial charge in [-0.1, -0.05) is 37.3 Å². The Hall–Kier alpha value is -2.99. The van der Waals surface area contributed by atoms with Crippen LogP contribution >= 0.6 is 0 Å². The number of rotatable bonds is 8. The zero-order chi connectivity index (χ0) is 23.2. The van der Waals surface area contributed by atoms with E-state index in [4.69, 9.17) is 0 Å². The summed E-state index contributed by atoms with van der Waals surface area (Å²) in [6.45, 7) is 4.88. The van der Waals surface area contributed by atoms with Gasteiger partial charge in [-0.25, -0.2) is 0 Å². The van der Waals surface area contributed by atoms with Gasteiger partial charge in [0.2, 0.25) is 11.8 Å². The quantitative estimate of drug-likeness (QED) is 0.629. The van der Waals surface area contributed by atoms with Crippen molar-refractivity contribution in [3.63, 3.8) is 0 Å². The molecular formula is C27H33N3O3. The molecule has 33 heavy (non-hydrogen) atoms. The van der Waals surface area contributed by atoms with Crippen molar-refractivity contribution in [2.75, 3.05) is 38.0 Å². The van der Waals surface area contributed by atoms with Crippen molar-refractivity contribution in [1.29, 1.82) is 0 Å². The van der Waals surface area contributed by atoms with Crippen LogP contribution in [0.1, 0.15) is 53.2 Å². The smallest absolute Gasteiger partial charge is 0.238 e. The largest absolute Gasteiger partial charge is 0.340 e. The van der Waals surface area contributed by atoms with Gasteiger partial charge in [0.25, 0.3) is 0 Å². The minimum Gasteiger partial charge on any atom is -0.340 e. The van der Waals surface area contributed by atoms with Crippen molar-refractivity contribution in [1.82, 2.24) is 9.80 Å². The van der Waals surface area contributed by atoms with Crippen LogP contribution in [0.15, 0.2) is 42.5 Å². The lowest BCUT2D eigenvalue weighted by atomic mass is 10.0. The van der Waals surface area contributed by atoms with E-state index in [1.165, 1.54) is 11.1 Å². The molecule has 0 spiro atoms. The molecule has 1 aliphatic carbocycles. The molecule has 2 aromatic carbocycles. The molecule has 2 aromatic rings. The maximum atomic E-state index is 12.6. The van der Waals surface area contributed by atoms with E-state index in [-0.39, 0.29) is 30.4 Å². The van der Waals surface area contributed by atoms with E-state index >= 15 is 0 Å². The molecule has 1 heterocycles. The third-order valence-electron chi connectivity index (χ3n) is 6.75. The number of ketones is 1. The highest BCUT2D eigenvalue weighted by Crippen LogP contribution is 2.23. The number of piperazine rings is 1. The molecule has 2 amide bonds. The number of carbonyl (C=O) groups excluding carboxylic acids is 3. The van der Waals surface area contributed by atoms with Crippen LogP contribution in [0.2, 0.25) is 0 Å². The maximum absolute atomic E-state index is 12.6. The predicted octanol–water partition coefficient (Wildman–Crippen LogP) is 3.48. The van der Waals surface area contributed by atoms with Gasteiger partial charge in [-0.2, -0.15) is 0 Å². The molecule has 0 unspecified atom stereocenters. The summed E-state index contributed by atoms with van der Waals surface area (Å²) in [4.78, 5) is 41.6. The second kappa shape index (κ2) is 10.8. The number of nitrogens with one attached hydrogen (secondary N) is 1. The number of benzene rings is 2. The maximum Gasteiger partial charge on any atom is 0.238 e. The van der Waals surface area contributed by atoms with Gasteiger partial charge in [-0.05, 0) is 54.5 Å². The van der Waals surface area contributed by atoms with Gasteiger partial charge in [0, 0.05) is 50.3 Å². The van der Waals surface area contributed by atoms with Gasteiger partial charge in [-0.3, -0.25) is 19.3 Å². The lowest BCUT2D eigenvalue weighted by molar-refractivity contribution is -0.133. The third-order valence-corrected chi connectivity index (χ3v) is 6.75. The van der Waals surface area contributed by atoms with Gasteiger partial charge >= 0.3 is 0 Å². The van der Waals surface area contributed by atoms with Gasteiger partial charge in [0.15, 0.2) is 5.78 Å². The van der Waals surface area contributed by atoms with Crippen LogP contribution in [0, 0.1) is 0 Å². The van der Waals surface area contributed by atoms with E-state index in [0.29, 0.717) is 32.7 Å². The fraction of sp³-hybridized carbons (Fsp3) is 0.444. The van der Waals surface area contributed by atoms with Crippen LogP contribution in [-0.4, -0.2) is 60.1 Å². The Bertz CT molecular complexity index is 1030. The van der Waals surface area contributed by atoms with Crippen molar-refractivity contribution in [2.45, 2.75) is 45.4 Å². The SMILES string of the molecule is CCc1ccccc1NC(=O)CN1CCN(C(=O)CCC(=O)c2ccc3c(c2)CCC3)CC1. The average Bonchev–Trinajstić information content (AvgIpc) is 3.31. The summed E-state index contributed by atoms with van der Waals surface area (Å²) < 4.78 is 0. The fourth-order valence-electron chi connectivity index (χ4n) is 4.77. The molecule has 2 aliphatic rings. The Labute approximate surface area is 196 Å². The molecule has 6 heteroatoms. The zero-order valence-corrected chi connectivity index (χ0v) is 19.4. The number of aryl methyl sites for hydroxylation is 3. The Morgan fingerprint density at radius 1 is 0.909 bits per heavy atom. The number of Topliss-reactive ketones (excluding diaryl/α,β-unsaturated/α-hetero) is 1. The average molecular weight is 448 g/mol. The fourth-order valence-corrected chi connectivity index (χ4v) is 4.77. The minimum absolute atomic E-state index is 0.0190. The summed E-state index contributed by atoms with van der Waals surface area (Å²) >= 11 is 0. The molecule has 0 radical (unpaired) electrons. The Kier molecular flexibility index (Phi) is 7.55. The van der Waals surface area contributed by atoms with E-state index < -0.39 is 0 Å². The highest BCUT2D eigenvalue weighted by Gasteiger charge is 2.23. The first-order valence-electron chi connectivity index (χ1n) is 12.1. The lowest BCUT2D eigenvalue weighted by Gasteiger charge is -2.34. The molecule has 1 saturated heterocycles. The molecular weight excluding hydrogens is 414 g/mol. The molecule has 174 valence electrons. The van der Waals surface area contributed by atoms with E-state index in [9.17, 15) is 14.4 Å². The number of carbonyl (C=O) groups is 3. The Morgan fingerprint density at radius 3 is 2.45 bits per heavy atom. The summed E-state index contributed by atoms with van der Waals surface area (Å²) in [5.74, 6) is 0.0295. The van der Waals surface area contributed by atoms with E-state index in [1.807, 2.05) is 41.3 Å². The molecule has 6 nitrogen and oxygen atoms in total. The number of hydrogen-bond donors (Lipinski definition) is 1. The summed E-state index contributed by atoms with van der Waals surface area (Å²) in [5, 5.41) is 3.01. The van der Waals surface area contributed by atoms with Gasteiger partial charge in [-0.15, -0.1) is 0 Å². The number of hydrogen-bond acceptors (Lipinski definition) is 4. The van der Waals surface area contributed by atoms with Gasteiger partial charge in [0.1, 0.15) is 0 Å². The lowest BCUT2D eigenvalue weighted by Crippen LogP contribution is -2.50. The van der Waals surface area contributed by atoms with Crippen molar-refractivity contribution >= 4 is 23.3 Å². The van der Waals surface area contributed by atoms with Crippen molar-refractivity contribution in [2.24, 2.45) is 0 Å². The summed E-state index contributed by atoms with van der Waals surface area (Å²) in [5.41, 5.74) is 5.35. The van der Waals surface area contributed by atoms with E-state index in [1.54, 1.807) is 0 Å². The highest BCUT2D eigenvalue weighted by atomic mass is 16.2. The Balaban J connectivity index is 1.19. The molecule has 4 rings (SSSR count). The molecule has 1 N–H and O–H groups in total. The molecule has 0 atom stereocenters. The van der Waals surface area contributed by atoms with E-state index in [2.05, 4.69) is 23.2 Å². The first-order valence-corrected chi connectivity index (χ1v) is 12.1. The van der Waals surface area contributed by atoms with Crippen LogP contribution in [0.3, 0.4) is 0 Å².